The van der Waals surface area contributed by atoms with Crippen molar-refractivity contribution in [2.24, 2.45) is 0 Å². The largest absolute Gasteiger partial charge is 0.496 e. The number of halogens is 2. The van der Waals surface area contributed by atoms with E-state index in [-0.39, 0.29) is 5.92 Å². The Kier molecular flexibility index (Phi) is 5.33. The van der Waals surface area contributed by atoms with Gasteiger partial charge in [0, 0.05) is 16.8 Å². The van der Waals surface area contributed by atoms with Crippen molar-refractivity contribution in [3.05, 3.63) is 64.2 Å². The Morgan fingerprint density at radius 3 is 2.55 bits per heavy atom. The molecule has 0 amide bonds. The lowest BCUT2D eigenvalue weighted by molar-refractivity contribution is 0.408. The topological polar surface area (TPSA) is 9.23 Å². The third kappa shape index (κ3) is 3.47. The lowest BCUT2D eigenvalue weighted by atomic mass is 9.90. The summed E-state index contributed by atoms with van der Waals surface area (Å²) < 4.78 is 5.41. The average molecular weight is 309 g/mol. The molecule has 106 valence electrons. The van der Waals surface area contributed by atoms with Crippen molar-refractivity contribution in [3.8, 4) is 5.75 Å². The first kappa shape index (κ1) is 15.2. The van der Waals surface area contributed by atoms with Crippen molar-refractivity contribution in [1.82, 2.24) is 0 Å². The van der Waals surface area contributed by atoms with Crippen LogP contribution in [0.2, 0.25) is 5.02 Å². The first-order valence-corrected chi connectivity index (χ1v) is 7.51. The molecular formula is C17H18Cl2O. The first-order valence-electron chi connectivity index (χ1n) is 6.59. The van der Waals surface area contributed by atoms with Crippen molar-refractivity contribution in [3.63, 3.8) is 0 Å². The average Bonchev–Trinajstić information content (AvgIpc) is 2.46. The molecule has 0 aliphatic heterocycles. The zero-order chi connectivity index (χ0) is 14.5. The fourth-order valence-electron chi connectivity index (χ4n) is 2.46. The second-order valence-electron chi connectivity index (χ2n) is 4.87. The van der Waals surface area contributed by atoms with E-state index in [0.29, 0.717) is 5.88 Å². The highest BCUT2D eigenvalue weighted by Gasteiger charge is 2.16. The van der Waals surface area contributed by atoms with E-state index in [1.165, 1.54) is 11.1 Å². The number of hydrogen-bond acceptors (Lipinski definition) is 1. The van der Waals surface area contributed by atoms with Gasteiger partial charge in [-0.05, 0) is 48.2 Å². The van der Waals surface area contributed by atoms with Gasteiger partial charge in [0.15, 0.2) is 0 Å². The molecule has 0 saturated carbocycles. The standard InChI is InChI=1S/C17H18Cl2O/c1-12-5-3-4-6-16(12)14(11-18)9-13-10-15(19)7-8-17(13)20-2/h3-8,10,14H,9,11H2,1-2H3. The van der Waals surface area contributed by atoms with E-state index >= 15 is 0 Å². The number of rotatable bonds is 5. The Bertz CT molecular complexity index is 581. The minimum absolute atomic E-state index is 0.255. The Morgan fingerprint density at radius 1 is 1.15 bits per heavy atom. The van der Waals surface area contributed by atoms with Crippen LogP contribution in [0.4, 0.5) is 0 Å². The molecule has 0 aliphatic carbocycles. The Hall–Kier alpha value is -1.18. The number of alkyl halides is 1. The molecule has 2 rings (SSSR count). The van der Waals surface area contributed by atoms with Crippen LogP contribution in [0.3, 0.4) is 0 Å². The molecule has 2 aromatic rings. The van der Waals surface area contributed by atoms with Crippen molar-refractivity contribution >= 4 is 23.2 Å². The zero-order valence-corrected chi connectivity index (χ0v) is 13.2. The summed E-state index contributed by atoms with van der Waals surface area (Å²) in [6, 6.07) is 14.1. The SMILES string of the molecule is COc1ccc(Cl)cc1CC(CCl)c1ccccc1C. The summed E-state index contributed by atoms with van der Waals surface area (Å²) in [6.07, 6.45) is 0.818. The molecule has 0 N–H and O–H groups in total. The highest BCUT2D eigenvalue weighted by molar-refractivity contribution is 6.30. The Labute approximate surface area is 130 Å². The van der Waals surface area contributed by atoms with E-state index in [4.69, 9.17) is 27.9 Å². The molecule has 1 nitrogen and oxygen atoms in total. The van der Waals surface area contributed by atoms with Gasteiger partial charge < -0.3 is 4.74 Å². The second-order valence-corrected chi connectivity index (χ2v) is 5.61. The summed E-state index contributed by atoms with van der Waals surface area (Å²) >= 11 is 12.3. The minimum Gasteiger partial charge on any atom is -0.496 e. The van der Waals surface area contributed by atoms with Crippen molar-refractivity contribution < 1.29 is 4.74 Å². The quantitative estimate of drug-likeness (QED) is 0.688. The van der Waals surface area contributed by atoms with Crippen LogP contribution in [0.1, 0.15) is 22.6 Å². The summed E-state index contributed by atoms with van der Waals surface area (Å²) in [4.78, 5) is 0. The van der Waals surface area contributed by atoms with Gasteiger partial charge in [0.25, 0.3) is 0 Å². The van der Waals surface area contributed by atoms with Crippen molar-refractivity contribution in [2.75, 3.05) is 13.0 Å². The highest BCUT2D eigenvalue weighted by atomic mass is 35.5. The lowest BCUT2D eigenvalue weighted by Crippen LogP contribution is -2.07. The third-order valence-electron chi connectivity index (χ3n) is 3.52. The van der Waals surface area contributed by atoms with E-state index in [0.717, 1.165) is 22.8 Å². The van der Waals surface area contributed by atoms with Crippen LogP contribution < -0.4 is 4.74 Å². The molecule has 1 atom stereocenters. The number of ether oxygens (including phenoxy) is 1. The summed E-state index contributed by atoms with van der Waals surface area (Å²) in [6.45, 7) is 2.12. The van der Waals surface area contributed by atoms with Crippen LogP contribution in [0.25, 0.3) is 0 Å². The molecule has 0 aliphatic rings. The third-order valence-corrected chi connectivity index (χ3v) is 4.13. The maximum atomic E-state index is 6.19. The van der Waals surface area contributed by atoms with Gasteiger partial charge in [-0.3, -0.25) is 0 Å². The van der Waals surface area contributed by atoms with Gasteiger partial charge in [-0.1, -0.05) is 35.9 Å². The number of benzene rings is 2. The minimum atomic E-state index is 0.255. The Balaban J connectivity index is 2.31. The normalized spacial score (nSPS) is 12.2. The second kappa shape index (κ2) is 7.01. The number of methoxy groups -OCH3 is 1. The molecule has 0 spiro atoms. The molecular weight excluding hydrogens is 291 g/mol. The summed E-state index contributed by atoms with van der Waals surface area (Å²) in [5, 5.41) is 0.721. The fraction of sp³-hybridized carbons (Fsp3) is 0.294. The predicted octanol–water partition coefficient (Wildman–Crippen LogP) is 5.22. The summed E-state index contributed by atoms with van der Waals surface area (Å²) in [5.41, 5.74) is 3.64. The van der Waals surface area contributed by atoms with Crippen LogP contribution in [0, 0.1) is 6.92 Å². The van der Waals surface area contributed by atoms with E-state index in [1.807, 2.05) is 24.3 Å². The molecule has 20 heavy (non-hydrogen) atoms. The van der Waals surface area contributed by atoms with Crippen LogP contribution >= 0.6 is 23.2 Å². The van der Waals surface area contributed by atoms with Crippen LogP contribution in [0.15, 0.2) is 42.5 Å². The maximum absolute atomic E-state index is 6.19. The van der Waals surface area contributed by atoms with Crippen molar-refractivity contribution in [1.29, 1.82) is 0 Å². The van der Waals surface area contributed by atoms with Gasteiger partial charge in [0.05, 0.1) is 7.11 Å². The van der Waals surface area contributed by atoms with E-state index in [9.17, 15) is 0 Å². The van der Waals surface area contributed by atoms with Gasteiger partial charge in [-0.2, -0.15) is 0 Å². The molecule has 0 saturated heterocycles. The predicted molar refractivity (Wildman–Crippen MR) is 86.3 cm³/mol. The van der Waals surface area contributed by atoms with E-state index in [1.54, 1.807) is 7.11 Å². The number of hydrogen-bond donors (Lipinski definition) is 0. The molecule has 2 aromatic carbocycles. The summed E-state index contributed by atoms with van der Waals surface area (Å²) in [7, 11) is 1.68. The van der Waals surface area contributed by atoms with Crippen molar-refractivity contribution in [2.45, 2.75) is 19.3 Å². The van der Waals surface area contributed by atoms with Crippen LogP contribution in [0.5, 0.6) is 5.75 Å². The van der Waals surface area contributed by atoms with E-state index < -0.39 is 0 Å². The molecule has 1 unspecified atom stereocenters. The molecule has 0 heterocycles. The van der Waals surface area contributed by atoms with Gasteiger partial charge in [0.2, 0.25) is 0 Å². The molecule has 0 fully saturated rings. The lowest BCUT2D eigenvalue weighted by Gasteiger charge is -2.18. The summed E-state index contributed by atoms with van der Waals surface area (Å²) in [5.74, 6) is 1.68. The van der Waals surface area contributed by atoms with Gasteiger partial charge >= 0.3 is 0 Å². The molecule has 0 bridgehead atoms. The monoisotopic (exact) mass is 308 g/mol. The number of aryl methyl sites for hydroxylation is 1. The molecule has 0 radical (unpaired) electrons. The smallest absolute Gasteiger partial charge is 0.122 e. The first-order chi connectivity index (χ1) is 9.65. The van der Waals surface area contributed by atoms with Gasteiger partial charge in [-0.15, -0.1) is 11.6 Å². The fourth-order valence-corrected chi connectivity index (χ4v) is 2.93. The molecule has 3 heteroatoms. The van der Waals surface area contributed by atoms with Gasteiger partial charge in [-0.25, -0.2) is 0 Å². The van der Waals surface area contributed by atoms with Crippen LogP contribution in [-0.2, 0) is 6.42 Å². The highest BCUT2D eigenvalue weighted by Crippen LogP contribution is 2.30. The Morgan fingerprint density at radius 2 is 1.90 bits per heavy atom. The maximum Gasteiger partial charge on any atom is 0.122 e. The van der Waals surface area contributed by atoms with Gasteiger partial charge in [0.1, 0.15) is 5.75 Å². The zero-order valence-electron chi connectivity index (χ0n) is 11.7. The van der Waals surface area contributed by atoms with E-state index in [2.05, 4.69) is 25.1 Å². The van der Waals surface area contributed by atoms with Crippen LogP contribution in [-0.4, -0.2) is 13.0 Å². The molecule has 0 aromatic heterocycles.